The lowest BCUT2D eigenvalue weighted by Crippen LogP contribution is -2.13. The third-order valence-electron chi connectivity index (χ3n) is 2.81. The standard InChI is InChI=1S/C10H13ClN6O2/c1-5-6(9(11)16(2)14-5)4-17-7(3-12)8(10(18)19)13-15-17/h3-4,12H2,1-2H3,(H,18,19). The summed E-state index contributed by atoms with van der Waals surface area (Å²) in [5, 5.41) is 21.1. The van der Waals surface area contributed by atoms with Gasteiger partial charge in [-0.25, -0.2) is 9.48 Å². The SMILES string of the molecule is Cc1nn(C)c(Cl)c1Cn1nnc(C(=O)O)c1CN. The summed E-state index contributed by atoms with van der Waals surface area (Å²) in [6.07, 6.45) is 0. The van der Waals surface area contributed by atoms with Crippen molar-refractivity contribution in [1.82, 2.24) is 24.8 Å². The number of carboxylic acid groups (broad SMARTS) is 1. The minimum Gasteiger partial charge on any atom is -0.476 e. The molecule has 2 aromatic rings. The van der Waals surface area contributed by atoms with Crippen LogP contribution in [0.3, 0.4) is 0 Å². The van der Waals surface area contributed by atoms with Crippen molar-refractivity contribution < 1.29 is 9.90 Å². The Morgan fingerprint density at radius 3 is 2.68 bits per heavy atom. The molecule has 102 valence electrons. The van der Waals surface area contributed by atoms with E-state index in [0.29, 0.717) is 10.8 Å². The zero-order chi connectivity index (χ0) is 14.2. The van der Waals surface area contributed by atoms with Crippen LogP contribution in [0.5, 0.6) is 0 Å². The second-order valence-electron chi connectivity index (χ2n) is 4.03. The van der Waals surface area contributed by atoms with Gasteiger partial charge in [0.2, 0.25) is 0 Å². The van der Waals surface area contributed by atoms with Gasteiger partial charge in [-0.15, -0.1) is 5.10 Å². The van der Waals surface area contributed by atoms with Crippen molar-refractivity contribution in [3.63, 3.8) is 0 Å². The molecule has 0 fully saturated rings. The van der Waals surface area contributed by atoms with Crippen LogP contribution < -0.4 is 5.73 Å². The minimum absolute atomic E-state index is 0.0333. The number of aryl methyl sites for hydroxylation is 2. The first-order valence-electron chi connectivity index (χ1n) is 5.49. The van der Waals surface area contributed by atoms with Crippen LogP contribution in [0.15, 0.2) is 0 Å². The molecule has 0 saturated carbocycles. The van der Waals surface area contributed by atoms with Gasteiger partial charge in [-0.3, -0.25) is 4.68 Å². The van der Waals surface area contributed by atoms with Crippen molar-refractivity contribution in [3.8, 4) is 0 Å². The molecule has 0 saturated heterocycles. The molecule has 2 rings (SSSR count). The molecule has 0 aliphatic carbocycles. The van der Waals surface area contributed by atoms with Crippen LogP contribution in [0.1, 0.15) is 27.4 Å². The number of halogens is 1. The van der Waals surface area contributed by atoms with Crippen LogP contribution in [0.25, 0.3) is 0 Å². The summed E-state index contributed by atoms with van der Waals surface area (Å²) < 4.78 is 2.97. The molecular weight excluding hydrogens is 272 g/mol. The van der Waals surface area contributed by atoms with Crippen molar-refractivity contribution in [2.45, 2.75) is 20.0 Å². The Morgan fingerprint density at radius 1 is 1.53 bits per heavy atom. The largest absolute Gasteiger partial charge is 0.476 e. The first-order chi connectivity index (χ1) is 8.95. The Bertz CT molecular complexity index is 632. The van der Waals surface area contributed by atoms with E-state index >= 15 is 0 Å². The fraction of sp³-hybridized carbons (Fsp3) is 0.400. The van der Waals surface area contributed by atoms with Crippen molar-refractivity contribution in [2.24, 2.45) is 12.8 Å². The molecule has 0 bridgehead atoms. The molecule has 8 nitrogen and oxygen atoms in total. The number of rotatable bonds is 4. The van der Waals surface area contributed by atoms with Crippen LogP contribution >= 0.6 is 11.6 Å². The lowest BCUT2D eigenvalue weighted by atomic mass is 10.2. The molecule has 0 aliphatic rings. The van der Waals surface area contributed by atoms with Crippen molar-refractivity contribution in [2.75, 3.05) is 0 Å². The minimum atomic E-state index is -1.15. The van der Waals surface area contributed by atoms with E-state index in [2.05, 4.69) is 15.4 Å². The number of carboxylic acids is 1. The molecule has 3 N–H and O–H groups in total. The van der Waals surface area contributed by atoms with E-state index in [0.717, 1.165) is 11.3 Å². The highest BCUT2D eigenvalue weighted by atomic mass is 35.5. The average molecular weight is 285 g/mol. The number of aromatic nitrogens is 5. The summed E-state index contributed by atoms with van der Waals surface area (Å²) in [5.74, 6) is -1.15. The second kappa shape index (κ2) is 4.98. The Hall–Kier alpha value is -1.93. The predicted molar refractivity (Wildman–Crippen MR) is 66.9 cm³/mol. The lowest BCUT2D eigenvalue weighted by molar-refractivity contribution is 0.0689. The Balaban J connectivity index is 2.41. The summed E-state index contributed by atoms with van der Waals surface area (Å²) in [6, 6.07) is 0. The summed E-state index contributed by atoms with van der Waals surface area (Å²) >= 11 is 6.12. The Kier molecular flexibility index (Phi) is 3.54. The Morgan fingerprint density at radius 2 is 2.21 bits per heavy atom. The second-order valence-corrected chi connectivity index (χ2v) is 4.39. The van der Waals surface area contributed by atoms with Gasteiger partial charge >= 0.3 is 5.97 Å². The quantitative estimate of drug-likeness (QED) is 0.828. The molecule has 0 amide bonds. The van der Waals surface area contributed by atoms with Crippen LogP contribution in [-0.2, 0) is 20.1 Å². The molecule has 0 unspecified atom stereocenters. The van der Waals surface area contributed by atoms with Crippen LogP contribution in [-0.4, -0.2) is 35.9 Å². The number of aromatic carboxylic acids is 1. The average Bonchev–Trinajstić information content (AvgIpc) is 2.86. The highest BCUT2D eigenvalue weighted by molar-refractivity contribution is 6.30. The molecule has 19 heavy (non-hydrogen) atoms. The summed E-state index contributed by atoms with van der Waals surface area (Å²) in [5.41, 5.74) is 7.28. The van der Waals surface area contributed by atoms with Gasteiger partial charge in [0.25, 0.3) is 0 Å². The molecule has 9 heteroatoms. The third kappa shape index (κ3) is 2.32. The smallest absolute Gasteiger partial charge is 0.358 e. The first-order valence-corrected chi connectivity index (χ1v) is 5.87. The number of hydrogen-bond acceptors (Lipinski definition) is 5. The number of nitrogens with two attached hydrogens (primary N) is 1. The van der Waals surface area contributed by atoms with Gasteiger partial charge in [0.15, 0.2) is 5.69 Å². The summed E-state index contributed by atoms with van der Waals surface area (Å²) in [6.45, 7) is 2.13. The zero-order valence-electron chi connectivity index (χ0n) is 10.5. The maximum atomic E-state index is 11.0. The van der Waals surface area contributed by atoms with E-state index < -0.39 is 5.97 Å². The van der Waals surface area contributed by atoms with E-state index in [1.54, 1.807) is 11.7 Å². The molecule has 2 aromatic heterocycles. The van der Waals surface area contributed by atoms with Crippen LogP contribution in [0.2, 0.25) is 5.15 Å². The Labute approximate surface area is 113 Å². The van der Waals surface area contributed by atoms with Gasteiger partial charge in [-0.1, -0.05) is 16.8 Å². The van der Waals surface area contributed by atoms with Crippen LogP contribution in [0.4, 0.5) is 0 Å². The van der Waals surface area contributed by atoms with Gasteiger partial charge in [0, 0.05) is 19.2 Å². The molecule has 0 aliphatic heterocycles. The van der Waals surface area contributed by atoms with Crippen molar-refractivity contribution in [3.05, 3.63) is 27.8 Å². The number of hydrogen-bond donors (Lipinski definition) is 2. The highest BCUT2D eigenvalue weighted by Gasteiger charge is 2.20. The van der Waals surface area contributed by atoms with Gasteiger partial charge in [0.1, 0.15) is 5.15 Å². The monoisotopic (exact) mass is 284 g/mol. The molecule has 2 heterocycles. The van der Waals surface area contributed by atoms with Gasteiger partial charge < -0.3 is 10.8 Å². The molecule has 0 spiro atoms. The van der Waals surface area contributed by atoms with Gasteiger partial charge in [-0.05, 0) is 6.92 Å². The topological polar surface area (TPSA) is 112 Å². The normalized spacial score (nSPS) is 10.9. The van der Waals surface area contributed by atoms with Gasteiger partial charge in [-0.2, -0.15) is 5.10 Å². The maximum absolute atomic E-state index is 11.0. The van der Waals surface area contributed by atoms with Crippen molar-refractivity contribution >= 4 is 17.6 Å². The predicted octanol–water partition coefficient (Wildman–Crippen LogP) is 0.179. The molecule has 0 atom stereocenters. The fourth-order valence-electron chi connectivity index (χ4n) is 1.83. The van der Waals surface area contributed by atoms with E-state index in [4.69, 9.17) is 22.4 Å². The van der Waals surface area contributed by atoms with E-state index in [1.807, 2.05) is 6.92 Å². The zero-order valence-corrected chi connectivity index (χ0v) is 11.2. The first kappa shape index (κ1) is 13.5. The molecular formula is C10H13ClN6O2. The summed E-state index contributed by atoms with van der Waals surface area (Å²) in [7, 11) is 1.73. The summed E-state index contributed by atoms with van der Waals surface area (Å²) in [4.78, 5) is 11.0. The van der Waals surface area contributed by atoms with E-state index in [9.17, 15) is 4.79 Å². The molecule has 0 radical (unpaired) electrons. The highest BCUT2D eigenvalue weighted by Crippen LogP contribution is 2.20. The number of nitrogens with zero attached hydrogens (tertiary/aromatic N) is 5. The van der Waals surface area contributed by atoms with E-state index in [-0.39, 0.29) is 18.8 Å². The van der Waals surface area contributed by atoms with Crippen LogP contribution in [0, 0.1) is 6.92 Å². The lowest BCUT2D eigenvalue weighted by Gasteiger charge is -2.05. The molecule has 0 aromatic carbocycles. The van der Waals surface area contributed by atoms with Crippen molar-refractivity contribution in [1.29, 1.82) is 0 Å². The maximum Gasteiger partial charge on any atom is 0.358 e. The van der Waals surface area contributed by atoms with Gasteiger partial charge in [0.05, 0.1) is 17.9 Å². The fourth-order valence-corrected chi connectivity index (χ4v) is 2.07. The number of carbonyl (C=O) groups is 1. The van der Waals surface area contributed by atoms with E-state index in [1.165, 1.54) is 4.68 Å². The third-order valence-corrected chi connectivity index (χ3v) is 3.28.